The van der Waals surface area contributed by atoms with Crippen molar-refractivity contribution < 1.29 is 9.53 Å². The van der Waals surface area contributed by atoms with Gasteiger partial charge in [0, 0.05) is 22.7 Å². The lowest BCUT2D eigenvalue weighted by Crippen LogP contribution is -2.67. The van der Waals surface area contributed by atoms with Gasteiger partial charge in [-0.2, -0.15) is 0 Å². The lowest BCUT2D eigenvalue weighted by molar-refractivity contribution is -0.167. The highest BCUT2D eigenvalue weighted by molar-refractivity contribution is 5.97. The van der Waals surface area contributed by atoms with Gasteiger partial charge >= 0.3 is 0 Å². The van der Waals surface area contributed by atoms with Crippen LogP contribution in [-0.4, -0.2) is 5.78 Å². The van der Waals surface area contributed by atoms with Crippen LogP contribution in [0.15, 0.2) is 35.4 Å². The Morgan fingerprint density at radius 3 is 2.00 bits per heavy atom. The molecular formula is C22H26O2. The molecule has 0 radical (unpaired) electrons. The third kappa shape index (κ3) is 1.16. The first-order chi connectivity index (χ1) is 11.2. The molecule has 0 amide bonds. The van der Waals surface area contributed by atoms with E-state index in [1.807, 2.05) is 0 Å². The zero-order chi connectivity index (χ0) is 17.2. The highest BCUT2D eigenvalue weighted by Gasteiger charge is 2.76. The molecule has 2 heteroatoms. The minimum absolute atomic E-state index is 0.0728. The van der Waals surface area contributed by atoms with Crippen molar-refractivity contribution in [2.45, 2.75) is 53.8 Å². The normalized spacial score (nSPS) is 47.2. The van der Waals surface area contributed by atoms with Crippen LogP contribution in [0.3, 0.4) is 0 Å². The predicted molar refractivity (Wildman–Crippen MR) is 93.4 cm³/mol. The van der Waals surface area contributed by atoms with Crippen LogP contribution >= 0.6 is 0 Å². The van der Waals surface area contributed by atoms with Crippen LogP contribution in [0.5, 0.6) is 0 Å². The summed E-state index contributed by atoms with van der Waals surface area (Å²) in [4.78, 5) is 13.6. The number of hydrogen-bond acceptors (Lipinski definition) is 2. The molecular weight excluding hydrogens is 296 g/mol. The van der Waals surface area contributed by atoms with E-state index < -0.39 is 5.41 Å². The van der Waals surface area contributed by atoms with Gasteiger partial charge < -0.3 is 4.74 Å². The molecule has 2 heterocycles. The van der Waals surface area contributed by atoms with Crippen LogP contribution < -0.4 is 0 Å². The fraction of sp³-hybridized carbons (Fsp3) is 0.591. The van der Waals surface area contributed by atoms with Gasteiger partial charge in [-0.3, -0.25) is 4.79 Å². The lowest BCUT2D eigenvalue weighted by Gasteiger charge is -2.66. The van der Waals surface area contributed by atoms with Crippen LogP contribution in [0.2, 0.25) is 0 Å². The summed E-state index contributed by atoms with van der Waals surface area (Å²) in [5.74, 6) is 1.07. The fourth-order valence-corrected chi connectivity index (χ4v) is 6.96. The van der Waals surface area contributed by atoms with E-state index in [2.05, 4.69) is 65.8 Å². The summed E-state index contributed by atoms with van der Waals surface area (Å²) in [7, 11) is 0. The Balaban J connectivity index is 1.85. The SMILES string of the molecule is CC1=C(C)[C@@]2(C)[C@@H]3[C@@H]([C@H]4O[C@H]3c3ccccc34)[C@@]1(C)C(=O)C2(C)C. The second kappa shape index (κ2) is 3.88. The number of rotatable bonds is 0. The number of Topliss-reactive ketones (excluding diaryl/α,β-unsaturated/α-hetero) is 1. The van der Waals surface area contributed by atoms with Crippen molar-refractivity contribution in [1.29, 1.82) is 0 Å². The van der Waals surface area contributed by atoms with E-state index in [0.717, 1.165) is 0 Å². The molecule has 5 aliphatic rings. The average molecular weight is 322 g/mol. The zero-order valence-corrected chi connectivity index (χ0v) is 15.4. The highest BCUT2D eigenvalue weighted by atomic mass is 16.5. The highest BCUT2D eigenvalue weighted by Crippen LogP contribution is 2.78. The number of carbonyl (C=O) groups is 1. The van der Waals surface area contributed by atoms with Gasteiger partial charge in [0.25, 0.3) is 0 Å². The van der Waals surface area contributed by atoms with Crippen LogP contribution in [-0.2, 0) is 9.53 Å². The van der Waals surface area contributed by atoms with Crippen molar-refractivity contribution in [1.82, 2.24) is 0 Å². The van der Waals surface area contributed by atoms with E-state index in [9.17, 15) is 4.79 Å². The Morgan fingerprint density at radius 2 is 1.42 bits per heavy atom. The summed E-state index contributed by atoms with van der Waals surface area (Å²) >= 11 is 0. The molecule has 1 saturated heterocycles. The number of carbonyl (C=O) groups excluding carboxylic acids is 1. The molecule has 1 aromatic rings. The standard InChI is InChI=1S/C22H26O2/c1-11-12(2)22(6)16-15(21(11,5)19(23)20(22,3)4)17-13-9-7-8-10-14(13)18(16)24-17/h7-10,15-18H,1-6H3/t15-,16+,17-,18-,21-,22-/m0/s1. The van der Waals surface area contributed by atoms with E-state index >= 15 is 0 Å². The van der Waals surface area contributed by atoms with Crippen molar-refractivity contribution in [2.75, 3.05) is 0 Å². The molecule has 0 unspecified atom stereocenters. The Bertz CT molecular complexity index is 832. The molecule has 0 N–H and O–H groups in total. The van der Waals surface area contributed by atoms with Crippen LogP contribution in [0, 0.1) is 28.1 Å². The van der Waals surface area contributed by atoms with Crippen molar-refractivity contribution in [2.24, 2.45) is 28.1 Å². The molecule has 3 aliphatic carbocycles. The maximum atomic E-state index is 13.6. The lowest BCUT2D eigenvalue weighted by atomic mass is 9.34. The van der Waals surface area contributed by atoms with Gasteiger partial charge in [-0.05, 0) is 31.9 Å². The zero-order valence-electron chi connectivity index (χ0n) is 15.4. The van der Waals surface area contributed by atoms with Gasteiger partial charge in [0.05, 0.1) is 17.6 Å². The molecule has 2 aliphatic heterocycles. The molecule has 2 nitrogen and oxygen atoms in total. The third-order valence-electron chi connectivity index (χ3n) is 8.73. The number of allylic oxidation sites excluding steroid dienone is 2. The molecule has 6 rings (SSSR count). The average Bonchev–Trinajstić information content (AvgIpc) is 3.13. The maximum absolute atomic E-state index is 13.6. The molecule has 24 heavy (non-hydrogen) atoms. The molecule has 0 spiro atoms. The first-order valence-corrected chi connectivity index (χ1v) is 9.16. The second-order valence-corrected chi connectivity index (χ2v) is 9.27. The molecule has 6 atom stereocenters. The van der Waals surface area contributed by atoms with Gasteiger partial charge in [0.1, 0.15) is 5.78 Å². The quantitative estimate of drug-likeness (QED) is 0.627. The molecule has 4 bridgehead atoms. The van der Waals surface area contributed by atoms with Gasteiger partial charge in [-0.25, -0.2) is 0 Å². The van der Waals surface area contributed by atoms with Crippen LogP contribution in [0.4, 0.5) is 0 Å². The Labute approximate surface area is 144 Å². The smallest absolute Gasteiger partial charge is 0.149 e. The Hall–Kier alpha value is -1.41. The van der Waals surface area contributed by atoms with Crippen LogP contribution in [0.1, 0.15) is 64.9 Å². The molecule has 126 valence electrons. The molecule has 2 fully saturated rings. The summed E-state index contributed by atoms with van der Waals surface area (Å²) in [5.41, 5.74) is 4.50. The summed E-state index contributed by atoms with van der Waals surface area (Å²) in [5, 5.41) is 0. The minimum Gasteiger partial charge on any atom is -0.365 e. The monoisotopic (exact) mass is 322 g/mol. The first-order valence-electron chi connectivity index (χ1n) is 9.16. The van der Waals surface area contributed by atoms with Crippen molar-refractivity contribution in [3.8, 4) is 0 Å². The molecule has 0 aromatic heterocycles. The van der Waals surface area contributed by atoms with E-state index in [1.165, 1.54) is 22.3 Å². The predicted octanol–water partition coefficient (Wildman–Crippen LogP) is 5.02. The van der Waals surface area contributed by atoms with Crippen molar-refractivity contribution in [3.63, 3.8) is 0 Å². The molecule has 1 saturated carbocycles. The van der Waals surface area contributed by atoms with Gasteiger partial charge in [-0.15, -0.1) is 0 Å². The van der Waals surface area contributed by atoms with E-state index in [1.54, 1.807) is 0 Å². The number of fused-ring (bicyclic) bond motifs is 6. The van der Waals surface area contributed by atoms with E-state index in [4.69, 9.17) is 4.74 Å². The topological polar surface area (TPSA) is 26.3 Å². The third-order valence-corrected chi connectivity index (χ3v) is 8.73. The molecule has 1 aromatic carbocycles. The Kier molecular flexibility index (Phi) is 2.41. The summed E-state index contributed by atoms with van der Waals surface area (Å²) in [6.45, 7) is 13.3. The first kappa shape index (κ1) is 14.9. The largest absolute Gasteiger partial charge is 0.365 e. The van der Waals surface area contributed by atoms with Crippen molar-refractivity contribution in [3.05, 3.63) is 46.5 Å². The number of ketones is 1. The van der Waals surface area contributed by atoms with Crippen LogP contribution in [0.25, 0.3) is 0 Å². The minimum atomic E-state index is -0.400. The van der Waals surface area contributed by atoms with E-state index in [0.29, 0.717) is 11.7 Å². The number of benzene rings is 1. The fourth-order valence-electron chi connectivity index (χ4n) is 6.96. The van der Waals surface area contributed by atoms with Gasteiger partial charge in [-0.1, -0.05) is 56.2 Å². The Morgan fingerprint density at radius 1 is 0.875 bits per heavy atom. The number of ether oxygens (including phenoxy) is 1. The van der Waals surface area contributed by atoms with E-state index in [-0.39, 0.29) is 29.0 Å². The number of hydrogen-bond donors (Lipinski definition) is 0. The second-order valence-electron chi connectivity index (χ2n) is 9.27. The summed E-state index contributed by atoms with van der Waals surface area (Å²) < 4.78 is 6.56. The summed E-state index contributed by atoms with van der Waals surface area (Å²) in [6, 6.07) is 8.65. The summed E-state index contributed by atoms with van der Waals surface area (Å²) in [6.07, 6.45) is 0.208. The van der Waals surface area contributed by atoms with Gasteiger partial charge in [0.2, 0.25) is 0 Å². The van der Waals surface area contributed by atoms with Crippen molar-refractivity contribution >= 4 is 5.78 Å². The van der Waals surface area contributed by atoms with Gasteiger partial charge in [0.15, 0.2) is 0 Å². The maximum Gasteiger partial charge on any atom is 0.149 e.